The summed E-state index contributed by atoms with van der Waals surface area (Å²) >= 11 is 1.58. The van der Waals surface area contributed by atoms with Crippen LogP contribution in [0.3, 0.4) is 0 Å². The van der Waals surface area contributed by atoms with Crippen molar-refractivity contribution in [2.75, 3.05) is 18.6 Å². The van der Waals surface area contributed by atoms with Gasteiger partial charge in [-0.3, -0.25) is 19.2 Å². The van der Waals surface area contributed by atoms with Gasteiger partial charge in [0.05, 0.1) is 6.04 Å². The Kier molecular flexibility index (Phi) is 13.3. The van der Waals surface area contributed by atoms with E-state index in [4.69, 9.17) is 10.8 Å². The maximum absolute atomic E-state index is 12.9. The molecule has 4 atom stereocenters. The lowest BCUT2D eigenvalue weighted by Crippen LogP contribution is -2.57. The van der Waals surface area contributed by atoms with Crippen molar-refractivity contribution in [1.82, 2.24) is 16.0 Å². The Labute approximate surface area is 177 Å². The molecule has 6 N–H and O–H groups in total. The van der Waals surface area contributed by atoms with Gasteiger partial charge in [0.1, 0.15) is 18.6 Å². The zero-order valence-electron chi connectivity index (χ0n) is 18.0. The van der Waals surface area contributed by atoms with Crippen LogP contribution in [0.2, 0.25) is 0 Å². The van der Waals surface area contributed by atoms with E-state index in [1.807, 2.05) is 27.0 Å². The van der Waals surface area contributed by atoms with Gasteiger partial charge in [-0.05, 0) is 36.7 Å². The smallest absolute Gasteiger partial charge is 0.322 e. The van der Waals surface area contributed by atoms with E-state index < -0.39 is 48.4 Å². The average molecular weight is 433 g/mol. The summed E-state index contributed by atoms with van der Waals surface area (Å²) in [5.74, 6) is -1.99. The van der Waals surface area contributed by atoms with E-state index in [2.05, 4.69) is 16.0 Å². The van der Waals surface area contributed by atoms with E-state index in [1.165, 1.54) is 0 Å². The molecule has 0 bridgehead atoms. The quantitative estimate of drug-likeness (QED) is 0.265. The van der Waals surface area contributed by atoms with E-state index in [9.17, 15) is 19.2 Å². The molecular formula is C19H36N4O5S. The number of carboxylic acid groups (broad SMARTS) is 1. The summed E-state index contributed by atoms with van der Waals surface area (Å²) in [5, 5.41) is 16.4. The fourth-order valence-corrected chi connectivity index (χ4v) is 3.08. The van der Waals surface area contributed by atoms with Gasteiger partial charge in [-0.1, -0.05) is 34.1 Å². The summed E-state index contributed by atoms with van der Waals surface area (Å²) in [6.07, 6.45) is 3.41. The van der Waals surface area contributed by atoms with Crippen LogP contribution in [0.1, 0.15) is 47.0 Å². The first-order valence-electron chi connectivity index (χ1n) is 9.88. The summed E-state index contributed by atoms with van der Waals surface area (Å²) in [7, 11) is 0. The number of carbonyl (C=O) groups excluding carboxylic acids is 3. The molecular weight excluding hydrogens is 396 g/mol. The van der Waals surface area contributed by atoms with Crippen molar-refractivity contribution in [3.8, 4) is 0 Å². The Hall–Kier alpha value is -1.81. The molecule has 0 aliphatic carbocycles. The molecule has 9 nitrogen and oxygen atoms in total. The van der Waals surface area contributed by atoms with Gasteiger partial charge in [-0.15, -0.1) is 0 Å². The number of carbonyl (C=O) groups is 4. The summed E-state index contributed by atoms with van der Waals surface area (Å²) in [6, 6.07) is -2.45. The minimum Gasteiger partial charge on any atom is -0.480 e. The molecule has 0 aliphatic heterocycles. The average Bonchev–Trinajstić information content (AvgIpc) is 2.66. The zero-order chi connectivity index (χ0) is 22.6. The van der Waals surface area contributed by atoms with Crippen LogP contribution in [0.5, 0.6) is 0 Å². The summed E-state index contributed by atoms with van der Waals surface area (Å²) in [5.41, 5.74) is 5.89. The molecule has 4 unspecified atom stereocenters. The van der Waals surface area contributed by atoms with E-state index in [-0.39, 0.29) is 11.8 Å². The van der Waals surface area contributed by atoms with E-state index in [0.29, 0.717) is 19.3 Å². The van der Waals surface area contributed by atoms with Crippen LogP contribution in [-0.4, -0.2) is 65.5 Å². The molecule has 0 aromatic carbocycles. The third-order valence-corrected chi connectivity index (χ3v) is 5.16. The van der Waals surface area contributed by atoms with Crippen LogP contribution in [0, 0.1) is 11.8 Å². The predicted molar refractivity (Wildman–Crippen MR) is 114 cm³/mol. The molecule has 0 fully saturated rings. The Morgan fingerprint density at radius 3 is 2.14 bits per heavy atom. The Morgan fingerprint density at radius 2 is 1.66 bits per heavy atom. The monoisotopic (exact) mass is 432 g/mol. The second-order valence-corrected chi connectivity index (χ2v) is 8.55. The number of nitrogens with two attached hydrogens (primary N) is 1. The SMILES string of the molecule is CCC(C)C(NC(=O)C(CC(C)C)NC(=O)C(N)CCSC)C(=O)NCC(=O)O. The van der Waals surface area contributed by atoms with Crippen LogP contribution in [0.4, 0.5) is 0 Å². The first kappa shape index (κ1) is 27.2. The number of aliphatic carboxylic acids is 1. The van der Waals surface area contributed by atoms with Gasteiger partial charge < -0.3 is 26.8 Å². The van der Waals surface area contributed by atoms with Crippen molar-refractivity contribution in [3.63, 3.8) is 0 Å². The second kappa shape index (κ2) is 14.2. The van der Waals surface area contributed by atoms with Crippen molar-refractivity contribution < 1.29 is 24.3 Å². The first-order chi connectivity index (χ1) is 13.5. The summed E-state index contributed by atoms with van der Waals surface area (Å²) < 4.78 is 0. The van der Waals surface area contributed by atoms with E-state index in [1.54, 1.807) is 18.7 Å². The Balaban J connectivity index is 5.24. The third kappa shape index (κ3) is 11.1. The molecule has 0 aromatic rings. The van der Waals surface area contributed by atoms with E-state index >= 15 is 0 Å². The number of thioether (sulfide) groups is 1. The van der Waals surface area contributed by atoms with Gasteiger partial charge >= 0.3 is 5.97 Å². The van der Waals surface area contributed by atoms with Gasteiger partial charge in [0.25, 0.3) is 0 Å². The van der Waals surface area contributed by atoms with Gasteiger partial charge in [0, 0.05) is 0 Å². The van der Waals surface area contributed by atoms with Crippen molar-refractivity contribution in [2.45, 2.75) is 65.1 Å². The molecule has 168 valence electrons. The maximum atomic E-state index is 12.9. The Bertz CT molecular complexity index is 559. The number of hydrogen-bond donors (Lipinski definition) is 5. The molecule has 0 aromatic heterocycles. The van der Waals surface area contributed by atoms with Crippen molar-refractivity contribution in [3.05, 3.63) is 0 Å². The highest BCUT2D eigenvalue weighted by Gasteiger charge is 2.31. The molecule has 10 heteroatoms. The van der Waals surface area contributed by atoms with Crippen LogP contribution in [-0.2, 0) is 19.2 Å². The molecule has 0 saturated carbocycles. The third-order valence-electron chi connectivity index (χ3n) is 4.52. The molecule has 29 heavy (non-hydrogen) atoms. The maximum Gasteiger partial charge on any atom is 0.322 e. The van der Waals surface area contributed by atoms with Crippen LogP contribution in [0.15, 0.2) is 0 Å². The summed E-state index contributed by atoms with van der Waals surface area (Å²) in [6.45, 7) is 6.97. The standard InChI is InChI=1S/C19H36N4O5S/c1-6-12(4)16(19(28)21-10-15(24)25)23-18(27)14(9-11(2)3)22-17(26)13(20)7-8-29-5/h11-14,16H,6-10,20H2,1-5H3,(H,21,28)(H,22,26)(H,23,27)(H,24,25). The molecule has 0 heterocycles. The zero-order valence-corrected chi connectivity index (χ0v) is 18.8. The lowest BCUT2D eigenvalue weighted by Gasteiger charge is -2.27. The minimum atomic E-state index is -1.17. The normalized spacial score (nSPS) is 15.1. The highest BCUT2D eigenvalue weighted by molar-refractivity contribution is 7.98. The molecule has 0 spiro atoms. The molecule has 0 radical (unpaired) electrons. The van der Waals surface area contributed by atoms with Gasteiger partial charge in [-0.25, -0.2) is 0 Å². The topological polar surface area (TPSA) is 151 Å². The highest BCUT2D eigenvalue weighted by atomic mass is 32.2. The van der Waals surface area contributed by atoms with Gasteiger partial charge in [0.2, 0.25) is 17.7 Å². The first-order valence-corrected chi connectivity index (χ1v) is 11.3. The van der Waals surface area contributed by atoms with Crippen molar-refractivity contribution in [2.24, 2.45) is 17.6 Å². The number of rotatable bonds is 14. The molecule has 0 saturated heterocycles. The molecule has 3 amide bonds. The summed E-state index contributed by atoms with van der Waals surface area (Å²) in [4.78, 5) is 48.3. The van der Waals surface area contributed by atoms with Crippen molar-refractivity contribution >= 4 is 35.5 Å². The number of hydrogen-bond acceptors (Lipinski definition) is 6. The van der Waals surface area contributed by atoms with E-state index in [0.717, 1.165) is 5.75 Å². The molecule has 0 rings (SSSR count). The lowest BCUT2D eigenvalue weighted by atomic mass is 9.96. The van der Waals surface area contributed by atoms with Gasteiger partial charge in [-0.2, -0.15) is 11.8 Å². The van der Waals surface area contributed by atoms with Crippen LogP contribution < -0.4 is 21.7 Å². The minimum absolute atomic E-state index is 0.122. The van der Waals surface area contributed by atoms with Crippen LogP contribution >= 0.6 is 11.8 Å². The predicted octanol–water partition coefficient (Wildman–Crippen LogP) is 0.329. The van der Waals surface area contributed by atoms with Crippen LogP contribution in [0.25, 0.3) is 0 Å². The van der Waals surface area contributed by atoms with Gasteiger partial charge in [0.15, 0.2) is 0 Å². The van der Waals surface area contributed by atoms with Crippen molar-refractivity contribution in [1.29, 1.82) is 0 Å². The Morgan fingerprint density at radius 1 is 1.03 bits per heavy atom. The number of carboxylic acids is 1. The lowest BCUT2D eigenvalue weighted by molar-refractivity contribution is -0.139. The molecule has 0 aliphatic rings. The second-order valence-electron chi connectivity index (χ2n) is 7.56. The fourth-order valence-electron chi connectivity index (χ4n) is 2.59. The highest BCUT2D eigenvalue weighted by Crippen LogP contribution is 2.11. The number of amides is 3. The fraction of sp³-hybridized carbons (Fsp3) is 0.789. The largest absolute Gasteiger partial charge is 0.480 e. The number of nitrogens with one attached hydrogen (secondary N) is 3.